The van der Waals surface area contributed by atoms with Crippen molar-refractivity contribution in [2.24, 2.45) is 0 Å². The highest BCUT2D eigenvalue weighted by Crippen LogP contribution is 2.25. The van der Waals surface area contributed by atoms with Crippen molar-refractivity contribution in [3.8, 4) is 5.75 Å². The predicted octanol–water partition coefficient (Wildman–Crippen LogP) is 3.33. The van der Waals surface area contributed by atoms with E-state index in [9.17, 15) is 4.79 Å². The van der Waals surface area contributed by atoms with Crippen LogP contribution in [0.15, 0.2) is 42.5 Å². The molecule has 0 radical (unpaired) electrons. The second-order valence-corrected chi connectivity index (χ2v) is 6.22. The predicted molar refractivity (Wildman–Crippen MR) is 101 cm³/mol. The van der Waals surface area contributed by atoms with Gasteiger partial charge in [-0.25, -0.2) is 4.79 Å². The fourth-order valence-electron chi connectivity index (χ4n) is 2.93. The first-order valence-corrected chi connectivity index (χ1v) is 8.62. The van der Waals surface area contributed by atoms with Crippen molar-refractivity contribution in [1.82, 2.24) is 5.32 Å². The van der Waals surface area contributed by atoms with Crippen LogP contribution in [0.1, 0.15) is 28.3 Å². The van der Waals surface area contributed by atoms with Crippen molar-refractivity contribution in [3.63, 3.8) is 0 Å². The zero-order chi connectivity index (χ0) is 18.9. The van der Waals surface area contributed by atoms with Gasteiger partial charge in [0, 0.05) is 13.7 Å². The Labute approximate surface area is 155 Å². The molecule has 0 saturated heterocycles. The van der Waals surface area contributed by atoms with Crippen LogP contribution in [0.2, 0.25) is 0 Å². The first-order chi connectivity index (χ1) is 12.5. The minimum atomic E-state index is -0.389. The van der Waals surface area contributed by atoms with Gasteiger partial charge in [-0.3, -0.25) is 0 Å². The number of carbonyl (C=O) groups is 1. The molecular weight excluding hydrogens is 330 g/mol. The van der Waals surface area contributed by atoms with Crippen LogP contribution < -0.4 is 10.1 Å². The lowest BCUT2D eigenvalue weighted by Gasteiger charge is -2.19. The molecule has 0 aromatic heterocycles. The highest BCUT2D eigenvalue weighted by Gasteiger charge is 2.13. The number of esters is 1. The van der Waals surface area contributed by atoms with Crippen molar-refractivity contribution < 1.29 is 19.0 Å². The van der Waals surface area contributed by atoms with Crippen molar-refractivity contribution in [2.75, 3.05) is 27.4 Å². The molecule has 1 N–H and O–H groups in total. The number of methoxy groups -OCH3 is 2. The molecule has 5 nitrogen and oxygen atoms in total. The van der Waals surface area contributed by atoms with Gasteiger partial charge in [-0.1, -0.05) is 42.5 Å². The first-order valence-electron chi connectivity index (χ1n) is 8.62. The molecule has 0 aliphatic rings. The summed E-state index contributed by atoms with van der Waals surface area (Å²) in [6, 6.07) is 14.5. The normalized spacial score (nSPS) is 11.8. The van der Waals surface area contributed by atoms with Gasteiger partial charge in [0.05, 0.1) is 19.8 Å². The zero-order valence-corrected chi connectivity index (χ0v) is 15.9. The molecule has 0 fully saturated rings. The Bertz CT molecular complexity index is 692. The molecule has 0 bridgehead atoms. The largest absolute Gasteiger partial charge is 0.481 e. The first kappa shape index (κ1) is 19.9. The van der Waals surface area contributed by atoms with Crippen molar-refractivity contribution in [1.29, 1.82) is 0 Å². The van der Waals surface area contributed by atoms with Crippen molar-refractivity contribution >= 4 is 5.97 Å². The molecule has 0 aliphatic heterocycles. The summed E-state index contributed by atoms with van der Waals surface area (Å²) < 4.78 is 15.6. The summed E-state index contributed by atoms with van der Waals surface area (Å²) in [5.41, 5.74) is 4.34. The molecule has 2 rings (SSSR count). The summed E-state index contributed by atoms with van der Waals surface area (Å²) in [7, 11) is 3.06. The molecule has 0 heterocycles. The van der Waals surface area contributed by atoms with Crippen LogP contribution in [0.25, 0.3) is 0 Å². The second kappa shape index (κ2) is 9.94. The third-order valence-electron chi connectivity index (χ3n) is 4.17. The molecule has 5 heteroatoms. The minimum absolute atomic E-state index is 0.0836. The Morgan fingerprint density at radius 2 is 1.73 bits per heavy atom. The van der Waals surface area contributed by atoms with E-state index in [0.717, 1.165) is 22.4 Å². The van der Waals surface area contributed by atoms with Crippen LogP contribution in [0.3, 0.4) is 0 Å². The van der Waals surface area contributed by atoms with Gasteiger partial charge in [0.15, 0.2) is 6.61 Å². The molecule has 0 spiro atoms. The average Bonchev–Trinajstić information content (AvgIpc) is 2.64. The standard InChI is InChI=1S/C21H27NO4/c1-15-10-17(11-16(2)21(15)26-14-20(23)25-4)12-22-19(13-24-3)18-8-6-5-7-9-18/h5-11,19,22H,12-14H2,1-4H3. The molecular formula is C21H27NO4. The van der Waals surface area contributed by atoms with Crippen LogP contribution in [0.4, 0.5) is 0 Å². The van der Waals surface area contributed by atoms with Gasteiger partial charge in [0.2, 0.25) is 0 Å². The highest BCUT2D eigenvalue weighted by atomic mass is 16.6. The van der Waals surface area contributed by atoms with Crippen LogP contribution in [-0.2, 0) is 20.8 Å². The van der Waals surface area contributed by atoms with Gasteiger partial charge in [0.25, 0.3) is 0 Å². The maximum absolute atomic E-state index is 11.3. The van der Waals surface area contributed by atoms with E-state index in [0.29, 0.717) is 13.2 Å². The van der Waals surface area contributed by atoms with Crippen LogP contribution >= 0.6 is 0 Å². The molecule has 0 saturated carbocycles. The quantitative estimate of drug-likeness (QED) is 0.698. The van der Waals surface area contributed by atoms with Gasteiger partial charge >= 0.3 is 5.97 Å². The van der Waals surface area contributed by atoms with E-state index in [1.54, 1.807) is 7.11 Å². The average molecular weight is 357 g/mol. The Balaban J connectivity index is 2.05. The number of nitrogens with one attached hydrogen (secondary N) is 1. The smallest absolute Gasteiger partial charge is 0.343 e. The topological polar surface area (TPSA) is 56.8 Å². The monoisotopic (exact) mass is 357 g/mol. The molecule has 0 amide bonds. The summed E-state index contributed by atoms with van der Waals surface area (Å²) in [6.07, 6.45) is 0. The van der Waals surface area contributed by atoms with E-state index in [4.69, 9.17) is 9.47 Å². The maximum Gasteiger partial charge on any atom is 0.343 e. The number of ether oxygens (including phenoxy) is 3. The van der Waals surface area contributed by atoms with Crippen molar-refractivity contribution in [2.45, 2.75) is 26.4 Å². The summed E-state index contributed by atoms with van der Waals surface area (Å²) in [4.78, 5) is 11.3. The Hall–Kier alpha value is -2.37. The second-order valence-electron chi connectivity index (χ2n) is 6.22. The van der Waals surface area contributed by atoms with E-state index < -0.39 is 0 Å². The van der Waals surface area contributed by atoms with Gasteiger partial charge in [0.1, 0.15) is 5.75 Å². The lowest BCUT2D eigenvalue weighted by atomic mass is 10.0. The molecule has 1 atom stereocenters. The van der Waals surface area contributed by atoms with Crippen molar-refractivity contribution in [3.05, 3.63) is 64.7 Å². The molecule has 140 valence electrons. The van der Waals surface area contributed by atoms with Crippen LogP contribution in [0.5, 0.6) is 5.75 Å². The summed E-state index contributed by atoms with van der Waals surface area (Å²) >= 11 is 0. The number of hydrogen-bond acceptors (Lipinski definition) is 5. The zero-order valence-electron chi connectivity index (χ0n) is 15.9. The number of carbonyl (C=O) groups excluding carboxylic acids is 1. The Morgan fingerprint density at radius 3 is 2.31 bits per heavy atom. The molecule has 2 aromatic rings. The molecule has 0 aliphatic carbocycles. The lowest BCUT2D eigenvalue weighted by molar-refractivity contribution is -0.142. The van der Waals surface area contributed by atoms with Crippen LogP contribution in [-0.4, -0.2) is 33.4 Å². The SMILES string of the molecule is COCC(NCc1cc(C)c(OCC(=O)OC)c(C)c1)c1ccccc1. The van der Waals surface area contributed by atoms with E-state index in [1.807, 2.05) is 32.0 Å². The Kier molecular flexibility index (Phi) is 7.63. The Morgan fingerprint density at radius 1 is 1.08 bits per heavy atom. The lowest BCUT2D eigenvalue weighted by Crippen LogP contribution is -2.25. The fraction of sp³-hybridized carbons (Fsp3) is 0.381. The van der Waals surface area contributed by atoms with E-state index in [1.165, 1.54) is 12.7 Å². The van der Waals surface area contributed by atoms with E-state index >= 15 is 0 Å². The van der Waals surface area contributed by atoms with Gasteiger partial charge in [-0.05, 0) is 36.1 Å². The summed E-state index contributed by atoms with van der Waals surface area (Å²) in [6.45, 7) is 5.18. The van der Waals surface area contributed by atoms with Gasteiger partial charge in [-0.15, -0.1) is 0 Å². The van der Waals surface area contributed by atoms with Gasteiger partial charge in [-0.2, -0.15) is 0 Å². The highest BCUT2D eigenvalue weighted by molar-refractivity contribution is 5.71. The number of aryl methyl sites for hydroxylation is 2. The van der Waals surface area contributed by atoms with Gasteiger partial charge < -0.3 is 19.5 Å². The number of benzene rings is 2. The fourth-order valence-corrected chi connectivity index (χ4v) is 2.93. The maximum atomic E-state index is 11.3. The molecule has 26 heavy (non-hydrogen) atoms. The minimum Gasteiger partial charge on any atom is -0.481 e. The molecule has 1 unspecified atom stereocenters. The summed E-state index contributed by atoms with van der Waals surface area (Å²) in [5.74, 6) is 0.343. The van der Waals surface area contributed by atoms with E-state index in [2.05, 4.69) is 34.3 Å². The van der Waals surface area contributed by atoms with Crippen LogP contribution in [0, 0.1) is 13.8 Å². The third kappa shape index (κ3) is 5.58. The summed E-state index contributed by atoms with van der Waals surface area (Å²) in [5, 5.41) is 3.55. The number of hydrogen-bond donors (Lipinski definition) is 1. The molecule has 2 aromatic carbocycles. The third-order valence-corrected chi connectivity index (χ3v) is 4.17. The van der Waals surface area contributed by atoms with E-state index in [-0.39, 0.29) is 18.6 Å². The number of rotatable bonds is 9.